The normalized spacial score (nSPS) is 12.6. The summed E-state index contributed by atoms with van der Waals surface area (Å²) in [5.41, 5.74) is -0.0280. The van der Waals surface area contributed by atoms with Crippen LogP contribution in [0.25, 0.3) is 0 Å². The molecule has 0 rings (SSSR count). The number of carbonyl (C=O) groups excluding carboxylic acids is 3. The number of hydrogen-bond acceptors (Lipinski definition) is 5. The van der Waals surface area contributed by atoms with Crippen LogP contribution in [0.15, 0.2) is 0 Å². The van der Waals surface area contributed by atoms with E-state index in [1.54, 1.807) is 7.05 Å². The van der Waals surface area contributed by atoms with Gasteiger partial charge in [-0.3, -0.25) is 9.59 Å². The second-order valence-corrected chi connectivity index (χ2v) is 5.61. The van der Waals surface area contributed by atoms with E-state index in [0.717, 1.165) is 6.42 Å². The molecule has 0 aromatic carbocycles. The van der Waals surface area contributed by atoms with Crippen molar-refractivity contribution in [2.45, 2.75) is 44.7 Å². The fourth-order valence-electron chi connectivity index (χ4n) is 1.61. The maximum Gasteiger partial charge on any atom is 0.234 e. The van der Waals surface area contributed by atoms with Crippen molar-refractivity contribution in [3.8, 4) is 0 Å². The lowest BCUT2D eigenvalue weighted by Gasteiger charge is -2.23. The lowest BCUT2D eigenvalue weighted by atomic mass is 10.0. The van der Waals surface area contributed by atoms with Crippen LogP contribution in [0.3, 0.4) is 0 Å². The minimum Gasteiger partial charge on any atom is -0.356 e. The van der Waals surface area contributed by atoms with Crippen LogP contribution in [0.1, 0.15) is 33.1 Å². The number of rotatable bonds is 11. The van der Waals surface area contributed by atoms with E-state index in [4.69, 9.17) is 0 Å². The second-order valence-electron chi connectivity index (χ2n) is 5.61. The molecular formula is C14H28N4O3. The largest absolute Gasteiger partial charge is 0.356 e. The molecule has 7 nitrogen and oxygen atoms in total. The van der Waals surface area contributed by atoms with Crippen LogP contribution in [0.5, 0.6) is 0 Å². The molecule has 0 aliphatic rings. The van der Waals surface area contributed by atoms with Crippen LogP contribution in [0.4, 0.5) is 0 Å². The highest BCUT2D eigenvalue weighted by Gasteiger charge is 2.15. The molecule has 2 amide bonds. The number of carbonyl (C=O) groups is 3. The number of likely N-dealkylation sites (N-methyl/N-ethyl adjacent to an activating group) is 1. The van der Waals surface area contributed by atoms with Crippen molar-refractivity contribution in [1.29, 1.82) is 0 Å². The summed E-state index contributed by atoms with van der Waals surface area (Å²) in [6.07, 6.45) is 1.99. The van der Waals surface area contributed by atoms with Crippen LogP contribution >= 0.6 is 0 Å². The predicted molar refractivity (Wildman–Crippen MR) is 81.9 cm³/mol. The molecule has 21 heavy (non-hydrogen) atoms. The van der Waals surface area contributed by atoms with Gasteiger partial charge in [0.2, 0.25) is 11.8 Å². The average molecular weight is 300 g/mol. The number of hydrogen-bond donors (Lipinski definition) is 4. The van der Waals surface area contributed by atoms with Gasteiger partial charge in [0, 0.05) is 18.5 Å². The van der Waals surface area contributed by atoms with Gasteiger partial charge in [0.25, 0.3) is 0 Å². The molecule has 0 aliphatic carbocycles. The monoisotopic (exact) mass is 300 g/mol. The summed E-state index contributed by atoms with van der Waals surface area (Å²) in [7, 11) is 3.53. The van der Waals surface area contributed by atoms with Gasteiger partial charge in [-0.25, -0.2) is 0 Å². The van der Waals surface area contributed by atoms with Gasteiger partial charge in [0.05, 0.1) is 12.6 Å². The van der Waals surface area contributed by atoms with Gasteiger partial charge >= 0.3 is 0 Å². The summed E-state index contributed by atoms with van der Waals surface area (Å²) in [4.78, 5) is 33.9. The molecule has 0 radical (unpaired) electrons. The minimum atomic E-state index is -0.620. The van der Waals surface area contributed by atoms with Gasteiger partial charge in [-0.15, -0.1) is 0 Å². The molecule has 122 valence electrons. The van der Waals surface area contributed by atoms with Gasteiger partial charge in [0.15, 0.2) is 0 Å². The Labute approximate surface area is 126 Å². The van der Waals surface area contributed by atoms with E-state index in [9.17, 15) is 14.4 Å². The van der Waals surface area contributed by atoms with E-state index < -0.39 is 6.04 Å². The summed E-state index contributed by atoms with van der Waals surface area (Å²) in [6.45, 7) is 4.83. The molecule has 4 N–H and O–H groups in total. The molecule has 0 bridgehead atoms. The lowest BCUT2D eigenvalue weighted by Crippen LogP contribution is -2.42. The number of aldehydes is 1. The predicted octanol–water partition coefficient (Wildman–Crippen LogP) is -0.826. The number of nitrogens with one attached hydrogen (secondary N) is 4. The van der Waals surface area contributed by atoms with Crippen molar-refractivity contribution in [3.05, 3.63) is 0 Å². The summed E-state index contributed by atoms with van der Waals surface area (Å²) < 4.78 is 0. The molecular weight excluding hydrogens is 272 g/mol. The molecule has 0 fully saturated rings. The first kappa shape index (κ1) is 19.5. The zero-order valence-corrected chi connectivity index (χ0v) is 13.4. The minimum absolute atomic E-state index is 0.0280. The van der Waals surface area contributed by atoms with Crippen LogP contribution in [-0.4, -0.2) is 56.9 Å². The maximum atomic E-state index is 11.7. The summed E-state index contributed by atoms with van der Waals surface area (Å²) in [6, 6.07) is -0.620. The first-order valence-electron chi connectivity index (χ1n) is 7.19. The third-order valence-electron chi connectivity index (χ3n) is 3.28. The maximum absolute atomic E-state index is 11.7. The highest BCUT2D eigenvalue weighted by Crippen LogP contribution is 2.05. The van der Waals surface area contributed by atoms with Crippen molar-refractivity contribution in [2.75, 3.05) is 27.2 Å². The van der Waals surface area contributed by atoms with Gasteiger partial charge in [-0.2, -0.15) is 0 Å². The van der Waals surface area contributed by atoms with Crippen molar-refractivity contribution in [3.63, 3.8) is 0 Å². The Morgan fingerprint density at radius 3 is 2.38 bits per heavy atom. The zero-order chi connectivity index (χ0) is 16.3. The number of amides is 2. The average Bonchev–Trinajstić information content (AvgIpc) is 2.43. The molecule has 0 spiro atoms. The third-order valence-corrected chi connectivity index (χ3v) is 3.28. The lowest BCUT2D eigenvalue weighted by molar-refractivity contribution is -0.124. The SMILES string of the molecule is CNCC(=O)N[C@H](C=O)CCC(=O)NCCC(C)(C)NC. The van der Waals surface area contributed by atoms with E-state index >= 15 is 0 Å². The van der Waals surface area contributed by atoms with E-state index in [1.807, 2.05) is 7.05 Å². The molecule has 0 aromatic heterocycles. The fraction of sp³-hybridized carbons (Fsp3) is 0.786. The summed E-state index contributed by atoms with van der Waals surface area (Å²) in [5, 5.41) is 11.2. The Kier molecular flexibility index (Phi) is 9.56. The summed E-state index contributed by atoms with van der Waals surface area (Å²) in [5.74, 6) is -0.373. The molecule has 1 atom stereocenters. The standard InChI is InChI=1S/C14H28N4O3/c1-14(2,16-4)7-8-17-12(20)6-5-11(10-19)18-13(21)9-15-3/h10-11,15-16H,5-9H2,1-4H3,(H,17,20)(H,18,21)/t11-/m0/s1. The first-order valence-corrected chi connectivity index (χ1v) is 7.19. The van der Waals surface area contributed by atoms with Gasteiger partial charge in [-0.1, -0.05) is 0 Å². The Balaban J connectivity index is 3.94. The van der Waals surface area contributed by atoms with Crippen LogP contribution in [0, 0.1) is 0 Å². The molecule has 0 unspecified atom stereocenters. The van der Waals surface area contributed by atoms with Crippen LogP contribution in [0.2, 0.25) is 0 Å². The summed E-state index contributed by atoms with van der Waals surface area (Å²) >= 11 is 0. The first-order chi connectivity index (χ1) is 9.84. The van der Waals surface area contributed by atoms with Crippen molar-refractivity contribution in [2.24, 2.45) is 0 Å². The van der Waals surface area contributed by atoms with Crippen LogP contribution < -0.4 is 21.3 Å². The Morgan fingerprint density at radius 2 is 1.86 bits per heavy atom. The van der Waals surface area contributed by atoms with E-state index in [2.05, 4.69) is 35.1 Å². The fourth-order valence-corrected chi connectivity index (χ4v) is 1.61. The van der Waals surface area contributed by atoms with E-state index in [1.165, 1.54) is 0 Å². The smallest absolute Gasteiger partial charge is 0.234 e. The van der Waals surface area contributed by atoms with Gasteiger partial charge in [-0.05, 0) is 40.8 Å². The molecule has 0 aliphatic heterocycles. The van der Waals surface area contributed by atoms with Crippen LogP contribution in [-0.2, 0) is 14.4 Å². The molecule has 0 heterocycles. The van der Waals surface area contributed by atoms with Crippen molar-refractivity contribution >= 4 is 18.1 Å². The Morgan fingerprint density at radius 1 is 1.19 bits per heavy atom. The van der Waals surface area contributed by atoms with Crippen molar-refractivity contribution < 1.29 is 14.4 Å². The molecule has 7 heteroatoms. The third kappa shape index (κ3) is 9.97. The highest BCUT2D eigenvalue weighted by molar-refractivity contribution is 5.82. The topological polar surface area (TPSA) is 99.3 Å². The van der Waals surface area contributed by atoms with E-state index in [-0.39, 0.29) is 30.3 Å². The molecule has 0 aromatic rings. The Bertz CT molecular complexity index is 345. The second kappa shape index (κ2) is 10.3. The highest BCUT2D eigenvalue weighted by atomic mass is 16.2. The van der Waals surface area contributed by atoms with Gasteiger partial charge < -0.3 is 26.1 Å². The Hall–Kier alpha value is -1.47. The van der Waals surface area contributed by atoms with Gasteiger partial charge in [0.1, 0.15) is 6.29 Å². The molecule has 0 saturated carbocycles. The molecule has 0 saturated heterocycles. The van der Waals surface area contributed by atoms with E-state index in [0.29, 0.717) is 19.3 Å². The van der Waals surface area contributed by atoms with Crippen molar-refractivity contribution in [1.82, 2.24) is 21.3 Å². The zero-order valence-electron chi connectivity index (χ0n) is 13.4. The quantitative estimate of drug-likeness (QED) is 0.373.